The molecule has 1 aliphatic heterocycles. The Hall–Kier alpha value is -2.31. The molecule has 0 bridgehead atoms. The molecule has 2 aromatic rings. The average molecular weight is 435 g/mol. The van der Waals surface area contributed by atoms with Crippen molar-refractivity contribution in [3.05, 3.63) is 58.9 Å². The first-order chi connectivity index (χ1) is 14.4. The predicted octanol–water partition coefficient (Wildman–Crippen LogP) is 4.28. The van der Waals surface area contributed by atoms with Gasteiger partial charge >= 0.3 is 0 Å². The van der Waals surface area contributed by atoms with Crippen molar-refractivity contribution in [3.63, 3.8) is 0 Å². The quantitative estimate of drug-likeness (QED) is 0.673. The molecule has 30 heavy (non-hydrogen) atoms. The fourth-order valence-corrected chi connectivity index (χ4v) is 3.70. The number of carbonyl (C=O) groups is 1. The smallest absolute Gasteiger partial charge is 0.223 e. The van der Waals surface area contributed by atoms with Gasteiger partial charge in [-0.15, -0.1) is 0 Å². The summed E-state index contributed by atoms with van der Waals surface area (Å²) in [4.78, 5) is 14.8. The second-order valence-electron chi connectivity index (χ2n) is 7.68. The fraction of sp³-hybridized carbons (Fsp3) is 0.435. The molecule has 7 heteroatoms. The lowest BCUT2D eigenvalue weighted by atomic mass is 9.95. The van der Waals surface area contributed by atoms with Gasteiger partial charge in [0.1, 0.15) is 23.9 Å². The van der Waals surface area contributed by atoms with Crippen LogP contribution in [0.4, 0.5) is 4.39 Å². The maximum atomic E-state index is 14.0. The number of likely N-dealkylation sites (tertiary alicyclic amines) is 1. The Labute approximate surface area is 182 Å². The fourth-order valence-electron chi connectivity index (χ4n) is 3.54. The summed E-state index contributed by atoms with van der Waals surface area (Å²) in [7, 11) is 1.62. The molecule has 1 saturated heterocycles. The average Bonchev–Trinajstić information content (AvgIpc) is 2.75. The molecule has 1 fully saturated rings. The summed E-state index contributed by atoms with van der Waals surface area (Å²) in [5, 5.41) is 3.44. The molecule has 162 valence electrons. The van der Waals surface area contributed by atoms with Crippen LogP contribution in [0.5, 0.6) is 11.5 Å². The van der Waals surface area contributed by atoms with E-state index in [9.17, 15) is 9.18 Å². The number of amides is 1. The van der Waals surface area contributed by atoms with Crippen molar-refractivity contribution in [1.29, 1.82) is 0 Å². The van der Waals surface area contributed by atoms with Gasteiger partial charge in [0.15, 0.2) is 0 Å². The minimum absolute atomic E-state index is 0.0280. The molecule has 5 nitrogen and oxygen atoms in total. The number of nitrogens with zero attached hydrogens (tertiary/aromatic N) is 1. The largest absolute Gasteiger partial charge is 0.497 e. The van der Waals surface area contributed by atoms with Crippen molar-refractivity contribution in [3.8, 4) is 11.5 Å². The van der Waals surface area contributed by atoms with Gasteiger partial charge in [-0.25, -0.2) is 4.39 Å². The Morgan fingerprint density at radius 1 is 1.20 bits per heavy atom. The second kappa shape index (κ2) is 10.6. The monoisotopic (exact) mass is 434 g/mol. The zero-order valence-electron chi connectivity index (χ0n) is 17.4. The van der Waals surface area contributed by atoms with Crippen molar-refractivity contribution in [2.24, 2.45) is 5.92 Å². The molecule has 0 spiro atoms. The highest BCUT2D eigenvalue weighted by atomic mass is 35.5. The molecule has 0 aliphatic carbocycles. The molecule has 0 radical (unpaired) electrons. The van der Waals surface area contributed by atoms with Crippen molar-refractivity contribution in [2.45, 2.75) is 32.4 Å². The van der Waals surface area contributed by atoms with Crippen LogP contribution >= 0.6 is 11.6 Å². The van der Waals surface area contributed by atoms with Crippen LogP contribution < -0.4 is 14.8 Å². The Morgan fingerprint density at radius 2 is 1.87 bits per heavy atom. The SMILES string of the molecule is COc1ccc(OC[C@H](C)NC(=O)C2CCN(Cc3ccc(Cl)cc3F)CC2)cc1. The number of hydrogen-bond acceptors (Lipinski definition) is 4. The summed E-state index contributed by atoms with van der Waals surface area (Å²) < 4.78 is 24.9. The summed E-state index contributed by atoms with van der Waals surface area (Å²) >= 11 is 5.81. The first kappa shape index (κ1) is 22.4. The van der Waals surface area contributed by atoms with Crippen molar-refractivity contribution in [2.75, 3.05) is 26.8 Å². The Kier molecular flexibility index (Phi) is 7.94. The Morgan fingerprint density at radius 3 is 2.50 bits per heavy atom. The molecule has 1 heterocycles. The number of methoxy groups -OCH3 is 1. The number of rotatable bonds is 8. The van der Waals surface area contributed by atoms with E-state index in [1.165, 1.54) is 6.07 Å². The molecule has 0 aromatic heterocycles. The number of halogens is 2. The number of piperidine rings is 1. The van der Waals surface area contributed by atoms with E-state index in [2.05, 4.69) is 10.2 Å². The lowest BCUT2D eigenvalue weighted by molar-refractivity contribution is -0.127. The zero-order valence-corrected chi connectivity index (χ0v) is 18.1. The van der Waals surface area contributed by atoms with Crippen LogP contribution in [0.15, 0.2) is 42.5 Å². The highest BCUT2D eigenvalue weighted by Crippen LogP contribution is 2.22. The molecule has 0 unspecified atom stereocenters. The maximum Gasteiger partial charge on any atom is 0.223 e. The van der Waals surface area contributed by atoms with Crippen molar-refractivity contribution >= 4 is 17.5 Å². The van der Waals surface area contributed by atoms with Gasteiger partial charge in [0.25, 0.3) is 0 Å². The molecule has 1 amide bonds. The van der Waals surface area contributed by atoms with Gasteiger partial charge in [0.2, 0.25) is 5.91 Å². The molecular formula is C23H28ClFN2O3. The van der Waals surface area contributed by atoms with Gasteiger partial charge in [-0.1, -0.05) is 17.7 Å². The minimum atomic E-state index is -0.284. The van der Waals surface area contributed by atoms with Crippen LogP contribution in [-0.4, -0.2) is 43.7 Å². The lowest BCUT2D eigenvalue weighted by Crippen LogP contribution is -2.44. The summed E-state index contributed by atoms with van der Waals surface area (Å²) in [6.45, 7) is 4.38. The van der Waals surface area contributed by atoms with E-state index in [1.807, 2.05) is 31.2 Å². The molecule has 0 saturated carbocycles. The number of hydrogen-bond donors (Lipinski definition) is 1. The number of benzene rings is 2. The zero-order chi connectivity index (χ0) is 21.5. The highest BCUT2D eigenvalue weighted by Gasteiger charge is 2.26. The summed E-state index contributed by atoms with van der Waals surface area (Å²) in [5.41, 5.74) is 0.631. The first-order valence-electron chi connectivity index (χ1n) is 10.2. The molecule has 2 aromatic carbocycles. The van der Waals surface area contributed by atoms with E-state index in [0.29, 0.717) is 23.7 Å². The van der Waals surface area contributed by atoms with Crippen LogP contribution in [0, 0.1) is 11.7 Å². The van der Waals surface area contributed by atoms with E-state index in [0.717, 1.165) is 37.4 Å². The first-order valence-corrected chi connectivity index (χ1v) is 10.6. The van der Waals surface area contributed by atoms with Crippen LogP contribution in [-0.2, 0) is 11.3 Å². The van der Waals surface area contributed by atoms with Gasteiger partial charge in [0, 0.05) is 23.0 Å². The Balaban J connectivity index is 1.39. The van der Waals surface area contributed by atoms with E-state index in [1.54, 1.807) is 19.2 Å². The normalized spacial score (nSPS) is 16.1. The van der Waals surface area contributed by atoms with Gasteiger partial charge in [-0.05, 0) is 69.3 Å². The third-order valence-electron chi connectivity index (χ3n) is 5.32. The summed E-state index contributed by atoms with van der Waals surface area (Å²) in [6, 6.07) is 12.0. The van der Waals surface area contributed by atoms with Crippen LogP contribution in [0.1, 0.15) is 25.3 Å². The second-order valence-corrected chi connectivity index (χ2v) is 8.12. The van der Waals surface area contributed by atoms with E-state index in [4.69, 9.17) is 21.1 Å². The van der Waals surface area contributed by atoms with Crippen molar-refractivity contribution in [1.82, 2.24) is 10.2 Å². The molecule has 3 rings (SSSR count). The number of nitrogens with one attached hydrogen (secondary N) is 1. The summed E-state index contributed by atoms with van der Waals surface area (Å²) in [6.07, 6.45) is 1.51. The standard InChI is InChI=1S/C23H28ClFN2O3/c1-16(15-30-21-7-5-20(29-2)6-8-21)26-23(28)17-9-11-27(12-10-17)14-18-3-4-19(24)13-22(18)25/h3-8,13,16-17H,9-12,14-15H2,1-2H3,(H,26,28)/t16-/m0/s1. The van der Waals surface area contributed by atoms with Crippen molar-refractivity contribution < 1.29 is 18.7 Å². The van der Waals surface area contributed by atoms with Crippen LogP contribution in [0.2, 0.25) is 5.02 Å². The Bertz CT molecular complexity index is 839. The highest BCUT2D eigenvalue weighted by molar-refractivity contribution is 6.30. The molecule has 1 aliphatic rings. The molecule has 1 atom stereocenters. The van der Waals surface area contributed by atoms with E-state index >= 15 is 0 Å². The number of carbonyl (C=O) groups excluding carboxylic acids is 1. The third kappa shape index (κ3) is 6.34. The molecular weight excluding hydrogens is 407 g/mol. The molecule has 1 N–H and O–H groups in total. The van der Waals surface area contributed by atoms with E-state index in [-0.39, 0.29) is 23.7 Å². The van der Waals surface area contributed by atoms with Crippen LogP contribution in [0.3, 0.4) is 0 Å². The predicted molar refractivity (Wildman–Crippen MR) is 116 cm³/mol. The third-order valence-corrected chi connectivity index (χ3v) is 5.55. The van der Waals surface area contributed by atoms with Gasteiger partial charge in [-0.3, -0.25) is 9.69 Å². The van der Waals surface area contributed by atoms with Gasteiger partial charge < -0.3 is 14.8 Å². The number of ether oxygens (including phenoxy) is 2. The van der Waals surface area contributed by atoms with Gasteiger partial charge in [0.05, 0.1) is 13.2 Å². The minimum Gasteiger partial charge on any atom is -0.497 e. The topological polar surface area (TPSA) is 50.8 Å². The summed E-state index contributed by atoms with van der Waals surface area (Å²) in [5.74, 6) is 1.25. The van der Waals surface area contributed by atoms with Crippen LogP contribution in [0.25, 0.3) is 0 Å². The maximum absolute atomic E-state index is 14.0. The lowest BCUT2D eigenvalue weighted by Gasteiger charge is -2.32. The van der Waals surface area contributed by atoms with Gasteiger partial charge in [-0.2, -0.15) is 0 Å². The van der Waals surface area contributed by atoms with E-state index < -0.39 is 0 Å².